The van der Waals surface area contributed by atoms with Gasteiger partial charge in [-0.2, -0.15) is 0 Å². The van der Waals surface area contributed by atoms with Gasteiger partial charge in [0.15, 0.2) is 0 Å². The Bertz CT molecular complexity index is 460. The Kier molecular flexibility index (Phi) is 3.07. The van der Waals surface area contributed by atoms with Gasteiger partial charge < -0.3 is 16.0 Å². The van der Waals surface area contributed by atoms with E-state index in [1.807, 2.05) is 42.2 Å². The number of likely N-dealkylation sites (tertiary alicyclic amines) is 1. The van der Waals surface area contributed by atoms with Crippen molar-refractivity contribution in [3.8, 4) is 0 Å². The molecule has 1 aromatic carbocycles. The summed E-state index contributed by atoms with van der Waals surface area (Å²) in [4.78, 5) is 14.6. The van der Waals surface area contributed by atoms with Crippen molar-refractivity contribution in [2.45, 2.75) is 12.5 Å². The second-order valence-electron chi connectivity index (χ2n) is 5.96. The Morgan fingerprint density at radius 3 is 2.42 bits per heavy atom. The first kappa shape index (κ1) is 12.6. The Morgan fingerprint density at radius 2 is 1.84 bits per heavy atom. The molecule has 0 saturated carbocycles. The summed E-state index contributed by atoms with van der Waals surface area (Å²) in [5.41, 5.74) is 6.27. The fourth-order valence-electron chi connectivity index (χ4n) is 3.26. The van der Waals surface area contributed by atoms with E-state index in [-0.39, 0.29) is 5.91 Å². The highest BCUT2D eigenvalue weighted by molar-refractivity contribution is 5.87. The van der Waals surface area contributed by atoms with Crippen LogP contribution in [0, 0.1) is 11.8 Å². The predicted molar refractivity (Wildman–Crippen MR) is 74.4 cm³/mol. The zero-order valence-electron chi connectivity index (χ0n) is 11.3. The van der Waals surface area contributed by atoms with Crippen LogP contribution in [0.25, 0.3) is 0 Å². The van der Waals surface area contributed by atoms with Gasteiger partial charge in [0, 0.05) is 26.2 Å². The quantitative estimate of drug-likeness (QED) is 0.815. The molecule has 102 valence electrons. The molecule has 3 N–H and O–H groups in total. The van der Waals surface area contributed by atoms with E-state index in [1.54, 1.807) is 0 Å². The first-order chi connectivity index (χ1) is 9.09. The summed E-state index contributed by atoms with van der Waals surface area (Å²) in [5, 5.41) is 3.38. The van der Waals surface area contributed by atoms with Crippen molar-refractivity contribution in [1.82, 2.24) is 10.2 Å². The van der Waals surface area contributed by atoms with Crippen LogP contribution in [-0.4, -0.2) is 37.0 Å². The van der Waals surface area contributed by atoms with Gasteiger partial charge in [-0.25, -0.2) is 0 Å². The van der Waals surface area contributed by atoms with Crippen LogP contribution in [0.4, 0.5) is 0 Å². The van der Waals surface area contributed by atoms with Gasteiger partial charge in [-0.05, 0) is 24.3 Å². The minimum atomic E-state index is -0.923. The van der Waals surface area contributed by atoms with E-state index in [2.05, 4.69) is 5.32 Å². The Morgan fingerprint density at radius 1 is 1.26 bits per heavy atom. The fourth-order valence-corrected chi connectivity index (χ4v) is 3.26. The maximum atomic E-state index is 12.7. The van der Waals surface area contributed by atoms with Gasteiger partial charge in [-0.15, -0.1) is 0 Å². The van der Waals surface area contributed by atoms with Gasteiger partial charge in [0.05, 0.1) is 0 Å². The first-order valence-electron chi connectivity index (χ1n) is 6.93. The maximum absolute atomic E-state index is 12.7. The number of nitrogens with zero attached hydrogens (tertiary/aromatic N) is 1. The van der Waals surface area contributed by atoms with Crippen LogP contribution in [0.3, 0.4) is 0 Å². The van der Waals surface area contributed by atoms with Crippen molar-refractivity contribution < 1.29 is 4.79 Å². The molecular weight excluding hydrogens is 238 g/mol. The number of amides is 1. The van der Waals surface area contributed by atoms with E-state index in [9.17, 15) is 4.79 Å². The van der Waals surface area contributed by atoms with E-state index in [1.165, 1.54) is 0 Å². The summed E-state index contributed by atoms with van der Waals surface area (Å²) in [6.45, 7) is 5.56. The van der Waals surface area contributed by atoms with E-state index in [4.69, 9.17) is 5.73 Å². The van der Waals surface area contributed by atoms with Crippen LogP contribution >= 0.6 is 0 Å². The standard InChI is InChI=1S/C15H21N3O/c1-15(16,13-5-3-2-4-6-13)14(19)18-9-11-7-17-8-12(11)10-18/h2-6,11-12,17H,7-10,16H2,1H3/t11-,12+,15?. The monoisotopic (exact) mass is 259 g/mol. The number of hydrogen-bond donors (Lipinski definition) is 2. The number of hydrogen-bond acceptors (Lipinski definition) is 3. The molecule has 2 fully saturated rings. The third kappa shape index (κ3) is 2.15. The zero-order chi connectivity index (χ0) is 13.5. The van der Waals surface area contributed by atoms with Gasteiger partial charge in [0.1, 0.15) is 5.54 Å². The molecule has 0 radical (unpaired) electrons. The van der Waals surface area contributed by atoms with Crippen molar-refractivity contribution in [1.29, 1.82) is 0 Å². The summed E-state index contributed by atoms with van der Waals surface area (Å²) in [6, 6.07) is 9.65. The highest BCUT2D eigenvalue weighted by Crippen LogP contribution is 2.30. The minimum Gasteiger partial charge on any atom is -0.340 e. The van der Waals surface area contributed by atoms with Gasteiger partial charge in [0.2, 0.25) is 5.91 Å². The summed E-state index contributed by atoms with van der Waals surface area (Å²) in [6.07, 6.45) is 0. The fraction of sp³-hybridized carbons (Fsp3) is 0.533. The smallest absolute Gasteiger partial charge is 0.246 e. The van der Waals surface area contributed by atoms with E-state index in [0.717, 1.165) is 31.7 Å². The number of carbonyl (C=O) groups excluding carboxylic acids is 1. The van der Waals surface area contributed by atoms with Gasteiger partial charge in [0.25, 0.3) is 0 Å². The molecule has 1 amide bonds. The third-order valence-corrected chi connectivity index (χ3v) is 4.49. The van der Waals surface area contributed by atoms with Crippen LogP contribution in [0.2, 0.25) is 0 Å². The molecule has 2 saturated heterocycles. The van der Waals surface area contributed by atoms with Crippen molar-refractivity contribution >= 4 is 5.91 Å². The molecule has 4 heteroatoms. The average Bonchev–Trinajstić information content (AvgIpc) is 2.99. The number of benzene rings is 1. The Hall–Kier alpha value is -1.39. The molecule has 2 aliphatic rings. The molecule has 2 heterocycles. The van der Waals surface area contributed by atoms with Crippen LogP contribution in [0.15, 0.2) is 30.3 Å². The van der Waals surface area contributed by atoms with E-state index < -0.39 is 5.54 Å². The number of rotatable bonds is 2. The molecule has 19 heavy (non-hydrogen) atoms. The van der Waals surface area contributed by atoms with Crippen molar-refractivity contribution in [2.75, 3.05) is 26.2 Å². The largest absolute Gasteiger partial charge is 0.340 e. The number of carbonyl (C=O) groups is 1. The van der Waals surface area contributed by atoms with Crippen LogP contribution < -0.4 is 11.1 Å². The van der Waals surface area contributed by atoms with E-state index >= 15 is 0 Å². The summed E-state index contributed by atoms with van der Waals surface area (Å²) in [5.74, 6) is 1.26. The van der Waals surface area contributed by atoms with Crippen molar-refractivity contribution in [3.63, 3.8) is 0 Å². The first-order valence-corrected chi connectivity index (χ1v) is 6.93. The predicted octanol–water partition coefficient (Wildman–Crippen LogP) is 0.538. The van der Waals surface area contributed by atoms with Gasteiger partial charge in [-0.1, -0.05) is 30.3 Å². The maximum Gasteiger partial charge on any atom is 0.246 e. The lowest BCUT2D eigenvalue weighted by molar-refractivity contribution is -0.136. The Labute approximate surface area is 114 Å². The SMILES string of the molecule is CC(N)(C(=O)N1C[C@H]2CNC[C@H]2C1)c1ccccc1. The molecule has 3 atom stereocenters. The summed E-state index contributed by atoms with van der Waals surface area (Å²) >= 11 is 0. The minimum absolute atomic E-state index is 0.0492. The van der Waals surface area contributed by atoms with Crippen molar-refractivity contribution in [2.24, 2.45) is 17.6 Å². The topological polar surface area (TPSA) is 58.4 Å². The summed E-state index contributed by atoms with van der Waals surface area (Å²) in [7, 11) is 0. The molecule has 4 nitrogen and oxygen atoms in total. The highest BCUT2D eigenvalue weighted by atomic mass is 16.2. The lowest BCUT2D eigenvalue weighted by Gasteiger charge is -2.30. The Balaban J connectivity index is 1.77. The molecule has 0 aliphatic carbocycles. The number of nitrogens with one attached hydrogen (secondary N) is 1. The normalized spacial score (nSPS) is 29.1. The van der Waals surface area contributed by atoms with Crippen LogP contribution in [0.5, 0.6) is 0 Å². The van der Waals surface area contributed by atoms with Crippen LogP contribution in [-0.2, 0) is 10.3 Å². The summed E-state index contributed by atoms with van der Waals surface area (Å²) < 4.78 is 0. The molecule has 0 spiro atoms. The molecule has 1 aromatic rings. The molecular formula is C15H21N3O. The van der Waals surface area contributed by atoms with Gasteiger partial charge in [-0.3, -0.25) is 4.79 Å². The third-order valence-electron chi connectivity index (χ3n) is 4.49. The molecule has 2 aliphatic heterocycles. The van der Waals surface area contributed by atoms with E-state index in [0.29, 0.717) is 11.8 Å². The molecule has 1 unspecified atom stereocenters. The lowest BCUT2D eigenvalue weighted by Crippen LogP contribution is -2.50. The second-order valence-corrected chi connectivity index (χ2v) is 5.96. The molecule has 0 aromatic heterocycles. The molecule has 0 bridgehead atoms. The second kappa shape index (κ2) is 4.62. The van der Waals surface area contributed by atoms with Crippen LogP contribution in [0.1, 0.15) is 12.5 Å². The number of fused-ring (bicyclic) bond motifs is 1. The lowest BCUT2D eigenvalue weighted by atomic mass is 9.91. The molecule has 3 rings (SSSR count). The average molecular weight is 259 g/mol. The van der Waals surface area contributed by atoms with Crippen molar-refractivity contribution in [3.05, 3.63) is 35.9 Å². The van der Waals surface area contributed by atoms with Gasteiger partial charge >= 0.3 is 0 Å². The highest BCUT2D eigenvalue weighted by Gasteiger charge is 2.42. The number of nitrogens with two attached hydrogens (primary N) is 1. The zero-order valence-corrected chi connectivity index (χ0v) is 11.3.